The van der Waals surface area contributed by atoms with Crippen LogP contribution in [0.3, 0.4) is 0 Å². The Morgan fingerprint density at radius 1 is 0.778 bits per heavy atom. The van der Waals surface area contributed by atoms with Gasteiger partial charge in [-0.1, -0.05) is 42.5 Å². The molecule has 2 aromatic carbocycles. The molecule has 136 valence electrons. The van der Waals surface area contributed by atoms with Crippen molar-refractivity contribution in [3.05, 3.63) is 76.6 Å². The summed E-state index contributed by atoms with van der Waals surface area (Å²) in [5.41, 5.74) is 8.86. The van der Waals surface area contributed by atoms with Crippen LogP contribution in [0, 0.1) is 34.6 Å². The molecule has 0 saturated carbocycles. The van der Waals surface area contributed by atoms with E-state index in [1.165, 1.54) is 16.7 Å². The van der Waals surface area contributed by atoms with Crippen LogP contribution in [0.1, 0.15) is 28.1 Å². The first-order chi connectivity index (χ1) is 13.0. The third-order valence-electron chi connectivity index (χ3n) is 5.03. The first-order valence-electron chi connectivity index (χ1n) is 9.21. The van der Waals surface area contributed by atoms with E-state index in [1.54, 1.807) is 0 Å². The predicted molar refractivity (Wildman–Crippen MR) is 112 cm³/mol. The van der Waals surface area contributed by atoms with Gasteiger partial charge in [0.2, 0.25) is 5.78 Å². The standard InChI is InChI=1S/C23H24N4/c1-14-9-6-7-12-19(14)21-22(25-20-15(2)10-8-11-16(20)3)27-18(5)13-17(4)24-23(27)26-21/h6-13,25H,1-5H3. The molecule has 4 heteroatoms. The van der Waals surface area contributed by atoms with Crippen molar-refractivity contribution in [1.82, 2.24) is 14.4 Å². The molecule has 0 unspecified atom stereocenters. The van der Waals surface area contributed by atoms with E-state index in [2.05, 4.69) is 90.9 Å². The number of benzene rings is 2. The second kappa shape index (κ2) is 6.54. The van der Waals surface area contributed by atoms with Gasteiger partial charge in [0.25, 0.3) is 0 Å². The molecular formula is C23H24N4. The van der Waals surface area contributed by atoms with Crippen molar-refractivity contribution in [3.63, 3.8) is 0 Å². The molecule has 0 spiro atoms. The highest BCUT2D eigenvalue weighted by atomic mass is 15.2. The Morgan fingerprint density at radius 3 is 2.15 bits per heavy atom. The van der Waals surface area contributed by atoms with Crippen LogP contribution in [0.25, 0.3) is 17.0 Å². The van der Waals surface area contributed by atoms with Crippen molar-refractivity contribution in [2.75, 3.05) is 5.32 Å². The van der Waals surface area contributed by atoms with E-state index in [-0.39, 0.29) is 0 Å². The Labute approximate surface area is 159 Å². The Kier molecular flexibility index (Phi) is 4.19. The maximum Gasteiger partial charge on any atom is 0.236 e. The van der Waals surface area contributed by atoms with Crippen LogP contribution < -0.4 is 5.32 Å². The second-order valence-corrected chi connectivity index (χ2v) is 7.19. The monoisotopic (exact) mass is 356 g/mol. The van der Waals surface area contributed by atoms with E-state index >= 15 is 0 Å². The number of hydrogen-bond acceptors (Lipinski definition) is 3. The van der Waals surface area contributed by atoms with Gasteiger partial charge in [-0.05, 0) is 57.4 Å². The highest BCUT2D eigenvalue weighted by Crippen LogP contribution is 2.35. The fourth-order valence-corrected chi connectivity index (χ4v) is 3.65. The maximum atomic E-state index is 4.91. The summed E-state index contributed by atoms with van der Waals surface area (Å²) < 4.78 is 2.11. The lowest BCUT2D eigenvalue weighted by Gasteiger charge is -2.15. The van der Waals surface area contributed by atoms with Crippen molar-refractivity contribution in [2.45, 2.75) is 34.6 Å². The molecule has 2 aromatic heterocycles. The summed E-state index contributed by atoms with van der Waals surface area (Å²) in [6.07, 6.45) is 0. The summed E-state index contributed by atoms with van der Waals surface area (Å²) in [6.45, 7) is 10.5. The molecule has 2 heterocycles. The lowest BCUT2D eigenvalue weighted by Crippen LogP contribution is -2.04. The maximum absolute atomic E-state index is 4.91. The minimum Gasteiger partial charge on any atom is -0.339 e. The topological polar surface area (TPSA) is 42.2 Å². The van der Waals surface area contributed by atoms with Crippen molar-refractivity contribution in [1.29, 1.82) is 0 Å². The number of fused-ring (bicyclic) bond motifs is 1. The molecule has 0 saturated heterocycles. The molecule has 4 aromatic rings. The molecule has 0 bridgehead atoms. The molecule has 0 amide bonds. The largest absolute Gasteiger partial charge is 0.339 e. The number of nitrogens with one attached hydrogen (secondary N) is 1. The molecule has 4 rings (SSSR count). The van der Waals surface area contributed by atoms with Gasteiger partial charge in [-0.15, -0.1) is 0 Å². The van der Waals surface area contributed by atoms with Gasteiger partial charge in [0, 0.05) is 22.6 Å². The first-order valence-corrected chi connectivity index (χ1v) is 9.21. The third-order valence-corrected chi connectivity index (χ3v) is 5.03. The second-order valence-electron chi connectivity index (χ2n) is 7.19. The minimum absolute atomic E-state index is 0.722. The minimum atomic E-state index is 0.722. The Hall–Kier alpha value is -3.14. The Morgan fingerprint density at radius 2 is 1.44 bits per heavy atom. The Bertz CT molecular complexity index is 1130. The zero-order chi connectivity index (χ0) is 19.1. The first kappa shape index (κ1) is 17.3. The number of rotatable bonds is 3. The van der Waals surface area contributed by atoms with Crippen molar-refractivity contribution in [2.24, 2.45) is 0 Å². The van der Waals surface area contributed by atoms with E-state index < -0.39 is 0 Å². The summed E-state index contributed by atoms with van der Waals surface area (Å²) >= 11 is 0. The Balaban J connectivity index is 2.02. The van der Waals surface area contributed by atoms with Crippen LogP contribution in [0.15, 0.2) is 48.5 Å². The van der Waals surface area contributed by atoms with Gasteiger partial charge in [-0.25, -0.2) is 9.97 Å². The lowest BCUT2D eigenvalue weighted by atomic mass is 10.1. The smallest absolute Gasteiger partial charge is 0.236 e. The summed E-state index contributed by atoms with van der Waals surface area (Å²) in [6, 6.07) is 16.8. The molecule has 0 aliphatic heterocycles. The highest BCUT2D eigenvalue weighted by molar-refractivity contribution is 5.82. The van der Waals surface area contributed by atoms with E-state index in [9.17, 15) is 0 Å². The number of aryl methyl sites for hydroxylation is 5. The van der Waals surface area contributed by atoms with Crippen molar-refractivity contribution >= 4 is 17.3 Å². The molecule has 0 fully saturated rings. The van der Waals surface area contributed by atoms with Gasteiger partial charge in [0.1, 0.15) is 11.5 Å². The summed E-state index contributed by atoms with van der Waals surface area (Å²) in [5.74, 6) is 1.68. The third kappa shape index (κ3) is 2.97. The lowest BCUT2D eigenvalue weighted by molar-refractivity contribution is 1.02. The summed E-state index contributed by atoms with van der Waals surface area (Å²) in [4.78, 5) is 9.58. The molecule has 0 aliphatic rings. The zero-order valence-corrected chi connectivity index (χ0v) is 16.5. The number of imidazole rings is 1. The number of anilines is 2. The number of para-hydroxylation sites is 1. The van der Waals surface area contributed by atoms with Crippen LogP contribution in [-0.2, 0) is 0 Å². The van der Waals surface area contributed by atoms with Gasteiger partial charge < -0.3 is 5.32 Å². The van der Waals surface area contributed by atoms with E-state index in [0.717, 1.165) is 39.9 Å². The quantitative estimate of drug-likeness (QED) is 0.513. The van der Waals surface area contributed by atoms with Gasteiger partial charge >= 0.3 is 0 Å². The van der Waals surface area contributed by atoms with Gasteiger partial charge in [-0.3, -0.25) is 4.40 Å². The van der Waals surface area contributed by atoms with E-state index in [1.807, 2.05) is 6.92 Å². The fourth-order valence-electron chi connectivity index (χ4n) is 3.65. The normalized spacial score (nSPS) is 11.1. The van der Waals surface area contributed by atoms with E-state index in [4.69, 9.17) is 4.98 Å². The van der Waals surface area contributed by atoms with Gasteiger partial charge in [0.05, 0.1) is 0 Å². The fraction of sp³-hybridized carbons (Fsp3) is 0.217. The average molecular weight is 356 g/mol. The van der Waals surface area contributed by atoms with Crippen LogP contribution in [0.2, 0.25) is 0 Å². The predicted octanol–water partition coefficient (Wildman–Crippen LogP) is 5.68. The average Bonchev–Trinajstić information content (AvgIpc) is 2.97. The van der Waals surface area contributed by atoms with Crippen LogP contribution in [-0.4, -0.2) is 14.4 Å². The van der Waals surface area contributed by atoms with Crippen molar-refractivity contribution in [3.8, 4) is 11.3 Å². The molecule has 0 radical (unpaired) electrons. The number of nitrogens with zero attached hydrogens (tertiary/aromatic N) is 3. The van der Waals surface area contributed by atoms with Crippen LogP contribution >= 0.6 is 0 Å². The number of aromatic nitrogens is 3. The summed E-state index contributed by atoms with van der Waals surface area (Å²) in [7, 11) is 0. The number of hydrogen-bond donors (Lipinski definition) is 1. The van der Waals surface area contributed by atoms with Crippen LogP contribution in [0.4, 0.5) is 11.5 Å². The molecule has 0 aliphatic carbocycles. The van der Waals surface area contributed by atoms with Gasteiger partial charge in [-0.2, -0.15) is 0 Å². The molecule has 4 nitrogen and oxygen atoms in total. The van der Waals surface area contributed by atoms with Crippen molar-refractivity contribution < 1.29 is 0 Å². The summed E-state index contributed by atoms with van der Waals surface area (Å²) in [5, 5.41) is 3.68. The SMILES string of the molecule is Cc1cc(C)n2c(Nc3c(C)cccc3C)c(-c3ccccc3C)nc2n1. The molecule has 1 N–H and O–H groups in total. The molecule has 0 atom stereocenters. The zero-order valence-electron chi connectivity index (χ0n) is 16.5. The molecule has 27 heavy (non-hydrogen) atoms. The molecular weight excluding hydrogens is 332 g/mol. The van der Waals surface area contributed by atoms with Gasteiger partial charge in [0.15, 0.2) is 0 Å². The van der Waals surface area contributed by atoms with E-state index in [0.29, 0.717) is 0 Å². The van der Waals surface area contributed by atoms with Crippen LogP contribution in [0.5, 0.6) is 0 Å². The highest BCUT2D eigenvalue weighted by Gasteiger charge is 2.19.